The van der Waals surface area contributed by atoms with Gasteiger partial charge in [-0.1, -0.05) is 32.4 Å². The summed E-state index contributed by atoms with van der Waals surface area (Å²) in [5, 5.41) is 0.352. The largest absolute Gasteiger partial charge is 0.334 e. The predicted octanol–water partition coefficient (Wildman–Crippen LogP) is 2.49. The number of fused-ring (bicyclic) bond motifs is 1. The molecule has 8 heteroatoms. The van der Waals surface area contributed by atoms with E-state index < -0.39 is 24.4 Å². The van der Waals surface area contributed by atoms with Crippen LogP contribution < -0.4 is 4.90 Å². The molecule has 0 N–H and O–H groups in total. The van der Waals surface area contributed by atoms with Gasteiger partial charge in [0.15, 0.2) is 0 Å². The highest BCUT2D eigenvalue weighted by atomic mass is 32.2. The molecule has 0 spiro atoms. The molecule has 0 bridgehead atoms. The van der Waals surface area contributed by atoms with Crippen LogP contribution in [0.4, 0.5) is 10.5 Å². The summed E-state index contributed by atoms with van der Waals surface area (Å²) in [6.07, 6.45) is 2.22. The number of imide groups is 2. The second kappa shape index (κ2) is 8.12. The Balaban J connectivity index is 1.78. The first-order valence-electron chi connectivity index (χ1n) is 9.17. The predicted molar refractivity (Wildman–Crippen MR) is 102 cm³/mol. The third-order valence-electron chi connectivity index (χ3n) is 4.71. The fraction of sp³-hybridized carbons (Fsp3) is 0.474. The van der Waals surface area contributed by atoms with E-state index in [1.807, 2.05) is 31.2 Å². The van der Waals surface area contributed by atoms with Gasteiger partial charge in [0.2, 0.25) is 5.91 Å². The van der Waals surface area contributed by atoms with Crippen molar-refractivity contribution >= 4 is 41.2 Å². The van der Waals surface area contributed by atoms with Crippen LogP contribution in [0.2, 0.25) is 0 Å². The second-order valence-electron chi connectivity index (χ2n) is 6.71. The number of hydrogen-bond acceptors (Lipinski definition) is 5. The lowest BCUT2D eigenvalue weighted by Crippen LogP contribution is -2.44. The molecule has 0 saturated carbocycles. The molecule has 1 saturated heterocycles. The number of hydrogen-bond donors (Lipinski definition) is 0. The molecular formula is C19H23N3O4S. The number of benzene rings is 1. The molecule has 1 atom stereocenters. The normalized spacial score (nSPS) is 20.1. The van der Waals surface area contributed by atoms with Crippen LogP contribution in [0, 0.1) is 0 Å². The minimum atomic E-state index is -0.921. The van der Waals surface area contributed by atoms with Gasteiger partial charge in [-0.25, -0.2) is 9.69 Å². The van der Waals surface area contributed by atoms with E-state index in [0.29, 0.717) is 18.2 Å². The van der Waals surface area contributed by atoms with E-state index in [9.17, 15) is 19.2 Å². The zero-order chi connectivity index (χ0) is 19.6. The molecule has 27 heavy (non-hydrogen) atoms. The van der Waals surface area contributed by atoms with Gasteiger partial charge < -0.3 is 4.90 Å². The van der Waals surface area contributed by atoms with Crippen LogP contribution in [0.5, 0.6) is 0 Å². The molecule has 1 aromatic rings. The third-order valence-corrected chi connectivity index (χ3v) is 5.95. The lowest BCUT2D eigenvalue weighted by molar-refractivity contribution is -0.143. The molecule has 7 nitrogen and oxygen atoms in total. The van der Waals surface area contributed by atoms with Crippen molar-refractivity contribution in [2.45, 2.75) is 43.3 Å². The van der Waals surface area contributed by atoms with E-state index in [1.165, 1.54) is 0 Å². The molecule has 2 heterocycles. The van der Waals surface area contributed by atoms with E-state index in [2.05, 4.69) is 6.92 Å². The van der Waals surface area contributed by atoms with Crippen LogP contribution in [0.3, 0.4) is 0 Å². The maximum atomic E-state index is 12.9. The van der Waals surface area contributed by atoms with Gasteiger partial charge >= 0.3 is 17.8 Å². The first kappa shape index (κ1) is 19.4. The maximum absolute atomic E-state index is 12.9. The molecule has 2 aliphatic rings. The molecule has 0 radical (unpaired) electrons. The zero-order valence-electron chi connectivity index (χ0n) is 15.5. The summed E-state index contributed by atoms with van der Waals surface area (Å²) in [6, 6.07) is 6.91. The Hall–Kier alpha value is -2.35. The number of carbonyl (C=O) groups is 4. The van der Waals surface area contributed by atoms with Gasteiger partial charge in [0, 0.05) is 23.2 Å². The first-order valence-corrected chi connectivity index (χ1v) is 10.0. The highest BCUT2D eigenvalue weighted by Crippen LogP contribution is 2.37. The maximum Gasteiger partial charge on any atom is 0.334 e. The Bertz CT molecular complexity index is 782. The van der Waals surface area contributed by atoms with Crippen molar-refractivity contribution < 1.29 is 19.2 Å². The summed E-state index contributed by atoms with van der Waals surface area (Å²) < 4.78 is 0. The van der Waals surface area contributed by atoms with E-state index >= 15 is 0 Å². The summed E-state index contributed by atoms with van der Waals surface area (Å²) in [6.45, 7) is 4.33. The van der Waals surface area contributed by atoms with Crippen LogP contribution >= 0.6 is 11.8 Å². The van der Waals surface area contributed by atoms with Crippen molar-refractivity contribution in [3.8, 4) is 0 Å². The Kier molecular flexibility index (Phi) is 5.84. The molecule has 1 unspecified atom stereocenters. The Labute approximate surface area is 162 Å². The topological polar surface area (TPSA) is 78.0 Å². The molecular weight excluding hydrogens is 366 g/mol. The van der Waals surface area contributed by atoms with Crippen molar-refractivity contribution in [3.63, 3.8) is 0 Å². The number of nitrogens with zero attached hydrogens (tertiary/aromatic N) is 3. The lowest BCUT2D eigenvalue weighted by atomic mass is 10.2. The molecule has 0 aliphatic carbocycles. The van der Waals surface area contributed by atoms with Crippen molar-refractivity contribution in [2.75, 3.05) is 24.5 Å². The lowest BCUT2D eigenvalue weighted by Gasteiger charge is -2.24. The molecule has 3 rings (SSSR count). The number of urea groups is 1. The average Bonchev–Trinajstić information content (AvgIpc) is 2.78. The molecule has 0 aromatic heterocycles. The van der Waals surface area contributed by atoms with Gasteiger partial charge in [-0.2, -0.15) is 0 Å². The van der Waals surface area contributed by atoms with E-state index in [1.54, 1.807) is 16.7 Å². The Morgan fingerprint density at radius 2 is 1.85 bits per heavy atom. The summed E-state index contributed by atoms with van der Waals surface area (Å²) >= 11 is 1.70. The fourth-order valence-corrected chi connectivity index (χ4v) is 4.28. The van der Waals surface area contributed by atoms with Crippen molar-refractivity contribution in [1.82, 2.24) is 9.80 Å². The molecule has 2 aliphatic heterocycles. The number of rotatable bonds is 5. The van der Waals surface area contributed by atoms with Gasteiger partial charge in [0.25, 0.3) is 0 Å². The highest BCUT2D eigenvalue weighted by molar-refractivity contribution is 8.00. The van der Waals surface area contributed by atoms with Crippen LogP contribution in [0.15, 0.2) is 29.2 Å². The quantitative estimate of drug-likeness (QED) is 0.571. The third kappa shape index (κ3) is 3.85. The summed E-state index contributed by atoms with van der Waals surface area (Å²) in [7, 11) is 0. The Morgan fingerprint density at radius 3 is 2.59 bits per heavy atom. The number of thioether (sulfide) groups is 1. The number of unbranched alkanes of at least 4 members (excludes halogenated alkanes) is 1. The van der Waals surface area contributed by atoms with Gasteiger partial charge in [0.05, 0.1) is 5.69 Å². The van der Waals surface area contributed by atoms with E-state index in [4.69, 9.17) is 0 Å². The van der Waals surface area contributed by atoms with Crippen LogP contribution in [0.25, 0.3) is 0 Å². The van der Waals surface area contributed by atoms with Crippen LogP contribution in [-0.4, -0.2) is 58.4 Å². The number of carbonyl (C=O) groups excluding carboxylic acids is 4. The van der Waals surface area contributed by atoms with Crippen LogP contribution in [0.1, 0.15) is 33.1 Å². The molecule has 5 amide bonds. The van der Waals surface area contributed by atoms with E-state index in [-0.39, 0.29) is 12.5 Å². The average molecular weight is 389 g/mol. The fourth-order valence-electron chi connectivity index (χ4n) is 3.17. The van der Waals surface area contributed by atoms with Crippen LogP contribution in [-0.2, 0) is 14.4 Å². The smallest absolute Gasteiger partial charge is 0.310 e. The number of para-hydroxylation sites is 1. The SMILES string of the molecule is CCCCN1C(=O)C(=O)N(CC(=O)N2CCC(C)Sc3ccccc32)C1=O. The number of amides is 5. The number of anilines is 1. The summed E-state index contributed by atoms with van der Waals surface area (Å²) in [5.41, 5.74) is 0.783. The van der Waals surface area contributed by atoms with Crippen molar-refractivity contribution in [2.24, 2.45) is 0 Å². The monoisotopic (exact) mass is 389 g/mol. The van der Waals surface area contributed by atoms with Crippen molar-refractivity contribution in [3.05, 3.63) is 24.3 Å². The zero-order valence-corrected chi connectivity index (χ0v) is 16.3. The molecule has 144 valence electrons. The van der Waals surface area contributed by atoms with Gasteiger partial charge in [0.1, 0.15) is 6.54 Å². The molecule has 1 fully saturated rings. The summed E-state index contributed by atoms with van der Waals surface area (Å²) in [4.78, 5) is 54.0. The van der Waals surface area contributed by atoms with Crippen molar-refractivity contribution in [1.29, 1.82) is 0 Å². The van der Waals surface area contributed by atoms with Gasteiger partial charge in [-0.05, 0) is 25.0 Å². The Morgan fingerprint density at radius 1 is 1.15 bits per heavy atom. The van der Waals surface area contributed by atoms with Gasteiger partial charge in [-0.15, -0.1) is 11.8 Å². The van der Waals surface area contributed by atoms with Gasteiger partial charge in [-0.3, -0.25) is 19.3 Å². The summed E-state index contributed by atoms with van der Waals surface area (Å²) in [5.74, 6) is -2.12. The standard InChI is InChI=1S/C19H23N3O4S/c1-3-4-10-21-17(24)18(25)22(19(21)26)12-16(23)20-11-9-13(2)27-15-8-6-5-7-14(15)20/h5-8,13H,3-4,9-12H2,1-2H3. The minimum Gasteiger partial charge on any atom is -0.310 e. The molecule has 1 aromatic carbocycles. The first-order chi connectivity index (χ1) is 12.9. The highest BCUT2D eigenvalue weighted by Gasteiger charge is 2.45. The minimum absolute atomic E-state index is 0.200. The second-order valence-corrected chi connectivity index (χ2v) is 8.19. The van der Waals surface area contributed by atoms with E-state index in [0.717, 1.165) is 33.2 Å².